The van der Waals surface area contributed by atoms with Crippen molar-refractivity contribution in [3.05, 3.63) is 54.0 Å². The molecular weight excluding hydrogens is 362 g/mol. The first kappa shape index (κ1) is 19.9. The molecule has 0 radical (unpaired) electrons. The highest BCUT2D eigenvalue weighted by atomic mass is 32.2. The first-order valence-electron chi connectivity index (χ1n) is 9.28. The third-order valence-corrected chi connectivity index (χ3v) is 6.33. The van der Waals surface area contributed by atoms with E-state index >= 15 is 0 Å². The Morgan fingerprint density at radius 3 is 2.41 bits per heavy atom. The van der Waals surface area contributed by atoms with E-state index in [1.807, 2.05) is 12.1 Å². The first-order chi connectivity index (χ1) is 12.8. The molecule has 1 unspecified atom stereocenters. The molecule has 6 nitrogen and oxygen atoms in total. The number of benzene rings is 1. The largest absolute Gasteiger partial charge is 0.463 e. The van der Waals surface area contributed by atoms with Crippen molar-refractivity contribution in [3.63, 3.8) is 0 Å². The van der Waals surface area contributed by atoms with E-state index in [2.05, 4.69) is 47.2 Å². The maximum atomic E-state index is 11.5. The summed E-state index contributed by atoms with van der Waals surface area (Å²) < 4.78 is 30.1. The monoisotopic (exact) mass is 391 g/mol. The Bertz CT molecular complexity index is 835. The summed E-state index contributed by atoms with van der Waals surface area (Å²) in [5.74, 6) is 2.18. The number of rotatable bonds is 8. The normalized spacial score (nSPS) is 18.0. The molecule has 1 saturated heterocycles. The standard InChI is InChI=1S/C20H29N3O3S/c1-21(13-17-11-12-23(14-17)18-7-5-4-6-8-18)15-19-9-10-20(26-19)16-22(2)27(3,24)25/h4-10,17H,11-16H2,1-3H3. The minimum Gasteiger partial charge on any atom is -0.463 e. The predicted molar refractivity (Wildman–Crippen MR) is 108 cm³/mol. The smallest absolute Gasteiger partial charge is 0.211 e. The minimum absolute atomic E-state index is 0.261. The molecular formula is C20H29N3O3S. The summed E-state index contributed by atoms with van der Waals surface area (Å²) in [6, 6.07) is 14.4. The quantitative estimate of drug-likeness (QED) is 0.692. The van der Waals surface area contributed by atoms with Gasteiger partial charge < -0.3 is 9.32 Å². The van der Waals surface area contributed by atoms with E-state index in [9.17, 15) is 8.42 Å². The highest BCUT2D eigenvalue weighted by Gasteiger charge is 2.24. The van der Waals surface area contributed by atoms with Crippen LogP contribution in [-0.2, 0) is 23.1 Å². The fraction of sp³-hybridized carbons (Fsp3) is 0.500. The van der Waals surface area contributed by atoms with Gasteiger partial charge in [-0.3, -0.25) is 4.90 Å². The van der Waals surface area contributed by atoms with Gasteiger partial charge in [-0.1, -0.05) is 18.2 Å². The van der Waals surface area contributed by atoms with Gasteiger partial charge in [-0.05, 0) is 43.7 Å². The van der Waals surface area contributed by atoms with Gasteiger partial charge in [0, 0.05) is 32.4 Å². The molecule has 0 aliphatic carbocycles. The van der Waals surface area contributed by atoms with Crippen LogP contribution in [0.1, 0.15) is 17.9 Å². The molecule has 1 aliphatic heterocycles. The molecule has 0 bridgehead atoms. The Morgan fingerprint density at radius 2 is 1.74 bits per heavy atom. The van der Waals surface area contributed by atoms with Crippen LogP contribution in [-0.4, -0.2) is 57.6 Å². The molecule has 0 amide bonds. The third-order valence-electron chi connectivity index (χ3n) is 5.06. The van der Waals surface area contributed by atoms with E-state index in [0.717, 1.165) is 31.9 Å². The molecule has 1 aromatic carbocycles. The fourth-order valence-corrected chi connectivity index (χ4v) is 3.92. The molecule has 148 valence electrons. The lowest BCUT2D eigenvalue weighted by Gasteiger charge is -2.22. The van der Waals surface area contributed by atoms with Gasteiger partial charge >= 0.3 is 0 Å². The second-order valence-electron chi connectivity index (χ2n) is 7.52. The van der Waals surface area contributed by atoms with Gasteiger partial charge in [0.15, 0.2) is 0 Å². The summed E-state index contributed by atoms with van der Waals surface area (Å²) in [5.41, 5.74) is 1.30. The Balaban J connectivity index is 1.48. The van der Waals surface area contributed by atoms with Crippen LogP contribution in [0.2, 0.25) is 0 Å². The van der Waals surface area contributed by atoms with Crippen LogP contribution in [0.3, 0.4) is 0 Å². The maximum absolute atomic E-state index is 11.5. The topological polar surface area (TPSA) is 57.0 Å². The van der Waals surface area contributed by atoms with Gasteiger partial charge in [0.25, 0.3) is 0 Å². The first-order valence-corrected chi connectivity index (χ1v) is 11.1. The average molecular weight is 392 g/mol. The lowest BCUT2D eigenvalue weighted by molar-refractivity contribution is 0.253. The van der Waals surface area contributed by atoms with E-state index in [1.165, 1.54) is 22.7 Å². The number of furan rings is 1. The Morgan fingerprint density at radius 1 is 1.07 bits per heavy atom. The molecule has 2 heterocycles. The summed E-state index contributed by atoms with van der Waals surface area (Å²) in [6.45, 7) is 4.19. The molecule has 3 rings (SSSR count). The molecule has 2 aromatic rings. The van der Waals surface area contributed by atoms with Crippen LogP contribution < -0.4 is 4.90 Å². The van der Waals surface area contributed by atoms with Gasteiger partial charge in [0.2, 0.25) is 10.0 Å². The summed E-state index contributed by atoms with van der Waals surface area (Å²) in [4.78, 5) is 4.73. The van der Waals surface area contributed by atoms with Gasteiger partial charge in [0.05, 0.1) is 19.3 Å². The zero-order valence-electron chi connectivity index (χ0n) is 16.3. The molecule has 27 heavy (non-hydrogen) atoms. The van der Waals surface area contributed by atoms with Crippen LogP contribution in [0.4, 0.5) is 5.69 Å². The molecule has 7 heteroatoms. The van der Waals surface area contributed by atoms with Crippen molar-refractivity contribution in [2.24, 2.45) is 5.92 Å². The number of anilines is 1. The Hall–Kier alpha value is -1.83. The zero-order valence-corrected chi connectivity index (χ0v) is 17.2. The molecule has 1 fully saturated rings. The summed E-state index contributed by atoms with van der Waals surface area (Å²) in [7, 11) is 0.464. The van der Waals surface area contributed by atoms with Gasteiger partial charge in [-0.15, -0.1) is 0 Å². The Kier molecular flexibility index (Phi) is 6.24. The predicted octanol–water partition coefficient (Wildman–Crippen LogP) is 2.63. The number of sulfonamides is 1. The second-order valence-corrected chi connectivity index (χ2v) is 9.61. The van der Waals surface area contributed by atoms with Crippen molar-refractivity contribution in [2.45, 2.75) is 19.5 Å². The minimum atomic E-state index is -3.20. The molecule has 1 aliphatic rings. The average Bonchev–Trinajstić information content (AvgIpc) is 3.24. The third kappa shape index (κ3) is 5.57. The highest BCUT2D eigenvalue weighted by molar-refractivity contribution is 7.88. The van der Waals surface area contributed by atoms with Crippen LogP contribution >= 0.6 is 0 Å². The molecule has 0 N–H and O–H groups in total. The van der Waals surface area contributed by atoms with Crippen LogP contribution in [0.25, 0.3) is 0 Å². The molecule has 1 aromatic heterocycles. The van der Waals surface area contributed by atoms with E-state index < -0.39 is 10.0 Å². The fourth-order valence-electron chi connectivity index (χ4n) is 3.56. The summed E-state index contributed by atoms with van der Waals surface area (Å²) >= 11 is 0. The van der Waals surface area contributed by atoms with E-state index in [4.69, 9.17) is 4.42 Å². The molecule has 0 spiro atoms. The van der Waals surface area contributed by atoms with E-state index in [0.29, 0.717) is 11.7 Å². The van der Waals surface area contributed by atoms with Crippen molar-refractivity contribution < 1.29 is 12.8 Å². The number of hydrogen-bond acceptors (Lipinski definition) is 5. The Labute approximate surface area is 162 Å². The molecule has 1 atom stereocenters. The van der Waals surface area contributed by atoms with Gasteiger partial charge in [0.1, 0.15) is 11.5 Å². The van der Waals surface area contributed by atoms with Gasteiger partial charge in [-0.25, -0.2) is 8.42 Å². The lowest BCUT2D eigenvalue weighted by atomic mass is 10.1. The van der Waals surface area contributed by atoms with Crippen LogP contribution in [0.15, 0.2) is 46.9 Å². The number of para-hydroxylation sites is 1. The van der Waals surface area contributed by atoms with E-state index in [1.54, 1.807) is 7.05 Å². The SMILES string of the molecule is CN(Cc1ccc(CN(C)S(C)(=O)=O)o1)CC1CCN(c2ccccc2)C1. The summed E-state index contributed by atoms with van der Waals surface area (Å²) in [6.07, 6.45) is 2.40. The van der Waals surface area contributed by atoms with Crippen molar-refractivity contribution in [1.29, 1.82) is 0 Å². The highest BCUT2D eigenvalue weighted by Crippen LogP contribution is 2.24. The number of nitrogens with zero attached hydrogens (tertiary/aromatic N) is 3. The molecule has 0 saturated carbocycles. The van der Waals surface area contributed by atoms with Crippen LogP contribution in [0.5, 0.6) is 0 Å². The van der Waals surface area contributed by atoms with Crippen molar-refractivity contribution >= 4 is 15.7 Å². The zero-order chi connectivity index (χ0) is 19.4. The second kappa shape index (κ2) is 8.46. The van der Waals surface area contributed by atoms with Crippen molar-refractivity contribution in [2.75, 3.05) is 44.9 Å². The maximum Gasteiger partial charge on any atom is 0.211 e. The van der Waals surface area contributed by atoms with Crippen LogP contribution in [0, 0.1) is 5.92 Å². The van der Waals surface area contributed by atoms with Crippen molar-refractivity contribution in [1.82, 2.24) is 9.21 Å². The van der Waals surface area contributed by atoms with E-state index in [-0.39, 0.29) is 6.54 Å². The number of hydrogen-bond donors (Lipinski definition) is 0. The lowest BCUT2D eigenvalue weighted by Crippen LogP contribution is -2.28. The van der Waals surface area contributed by atoms with Gasteiger partial charge in [-0.2, -0.15) is 4.31 Å². The summed E-state index contributed by atoms with van der Waals surface area (Å²) in [5, 5.41) is 0. The van der Waals surface area contributed by atoms with Crippen molar-refractivity contribution in [3.8, 4) is 0 Å².